The summed E-state index contributed by atoms with van der Waals surface area (Å²) in [5.41, 5.74) is 5.03. The third kappa shape index (κ3) is 1.90. The lowest BCUT2D eigenvalue weighted by atomic mass is 10.2. The average molecular weight is 196 g/mol. The van der Waals surface area contributed by atoms with Gasteiger partial charge < -0.3 is 10.5 Å². The molecule has 0 aliphatic carbocycles. The minimum absolute atomic E-state index is 0.0583. The molecule has 2 rings (SSSR count). The molecule has 1 amide bonds. The number of nitrogens with two attached hydrogens (primary N) is 1. The first kappa shape index (κ1) is 9.14. The molecule has 1 aliphatic rings. The van der Waals surface area contributed by atoms with Crippen molar-refractivity contribution in [1.82, 2.24) is 14.8 Å². The Morgan fingerprint density at radius 2 is 2.64 bits per heavy atom. The normalized spacial score (nSPS) is 21.3. The number of nitrogens with zero attached hydrogens (tertiary/aromatic N) is 3. The molecule has 1 aromatic heterocycles. The fraction of sp³-hybridized carbons (Fsp3) is 0.625. The molecule has 6 heteroatoms. The monoisotopic (exact) mass is 196 g/mol. The fourth-order valence-electron chi connectivity index (χ4n) is 1.49. The van der Waals surface area contributed by atoms with E-state index >= 15 is 0 Å². The summed E-state index contributed by atoms with van der Waals surface area (Å²) in [6, 6.07) is 0. The van der Waals surface area contributed by atoms with Crippen molar-refractivity contribution in [2.24, 2.45) is 5.73 Å². The summed E-state index contributed by atoms with van der Waals surface area (Å²) >= 11 is 0. The van der Waals surface area contributed by atoms with E-state index in [1.165, 1.54) is 6.33 Å². The van der Waals surface area contributed by atoms with Gasteiger partial charge in [0.1, 0.15) is 6.33 Å². The van der Waals surface area contributed by atoms with Gasteiger partial charge in [0.15, 0.2) is 0 Å². The van der Waals surface area contributed by atoms with Crippen molar-refractivity contribution in [1.29, 1.82) is 0 Å². The van der Waals surface area contributed by atoms with Gasteiger partial charge in [0, 0.05) is 6.61 Å². The number of carbonyl (C=O) groups is 1. The Hall–Kier alpha value is -1.43. The molecule has 1 aromatic rings. The van der Waals surface area contributed by atoms with Gasteiger partial charge in [-0.1, -0.05) is 0 Å². The van der Waals surface area contributed by atoms with Gasteiger partial charge in [-0.15, -0.1) is 5.10 Å². The highest BCUT2D eigenvalue weighted by Crippen LogP contribution is 2.13. The van der Waals surface area contributed by atoms with E-state index in [0.717, 1.165) is 19.4 Å². The third-order valence-electron chi connectivity index (χ3n) is 2.17. The van der Waals surface area contributed by atoms with Crippen LogP contribution in [0.3, 0.4) is 0 Å². The fourth-order valence-corrected chi connectivity index (χ4v) is 1.49. The van der Waals surface area contributed by atoms with Crippen LogP contribution in [-0.2, 0) is 11.3 Å². The van der Waals surface area contributed by atoms with Gasteiger partial charge >= 0.3 is 0 Å². The number of carbonyl (C=O) groups excluding carboxylic acids is 1. The maximum absolute atomic E-state index is 10.7. The van der Waals surface area contributed by atoms with Crippen LogP contribution in [0.15, 0.2) is 6.33 Å². The summed E-state index contributed by atoms with van der Waals surface area (Å²) in [6.45, 7) is 1.45. The highest BCUT2D eigenvalue weighted by molar-refractivity contribution is 5.88. The summed E-state index contributed by atoms with van der Waals surface area (Å²) in [4.78, 5) is 14.5. The van der Waals surface area contributed by atoms with E-state index < -0.39 is 5.91 Å². The summed E-state index contributed by atoms with van der Waals surface area (Å²) in [5.74, 6) is -0.543. The van der Waals surface area contributed by atoms with Crippen LogP contribution in [0.1, 0.15) is 23.5 Å². The topological polar surface area (TPSA) is 83.0 Å². The Kier molecular flexibility index (Phi) is 2.45. The van der Waals surface area contributed by atoms with Crippen molar-refractivity contribution in [2.45, 2.75) is 25.5 Å². The second-order valence-corrected chi connectivity index (χ2v) is 3.29. The van der Waals surface area contributed by atoms with Crippen LogP contribution in [-0.4, -0.2) is 33.4 Å². The maximum Gasteiger partial charge on any atom is 0.288 e. The molecular formula is C8H12N4O2. The van der Waals surface area contributed by atoms with Gasteiger partial charge in [0.25, 0.3) is 5.91 Å². The lowest BCUT2D eigenvalue weighted by Gasteiger charge is -2.07. The summed E-state index contributed by atoms with van der Waals surface area (Å²) in [6.07, 6.45) is 3.81. The molecule has 1 fully saturated rings. The maximum atomic E-state index is 10.7. The third-order valence-corrected chi connectivity index (χ3v) is 2.17. The predicted octanol–water partition coefficient (Wildman–Crippen LogP) is -0.444. The summed E-state index contributed by atoms with van der Waals surface area (Å²) in [7, 11) is 0. The molecule has 14 heavy (non-hydrogen) atoms. The van der Waals surface area contributed by atoms with Crippen LogP contribution in [0.5, 0.6) is 0 Å². The molecule has 0 saturated carbocycles. The second kappa shape index (κ2) is 3.75. The summed E-state index contributed by atoms with van der Waals surface area (Å²) < 4.78 is 7.02. The predicted molar refractivity (Wildman–Crippen MR) is 47.5 cm³/mol. The zero-order valence-corrected chi connectivity index (χ0v) is 7.72. The van der Waals surface area contributed by atoms with E-state index in [0.29, 0.717) is 6.54 Å². The largest absolute Gasteiger partial charge is 0.376 e. The number of primary amides is 1. The van der Waals surface area contributed by atoms with Gasteiger partial charge in [0.05, 0.1) is 12.6 Å². The van der Waals surface area contributed by atoms with E-state index in [4.69, 9.17) is 10.5 Å². The van der Waals surface area contributed by atoms with Crippen LogP contribution in [0.4, 0.5) is 0 Å². The molecule has 2 N–H and O–H groups in total. The number of hydrogen-bond acceptors (Lipinski definition) is 4. The molecule has 76 valence electrons. The van der Waals surface area contributed by atoms with Crippen LogP contribution in [0.25, 0.3) is 0 Å². The Bertz CT molecular complexity index is 330. The average Bonchev–Trinajstić information content (AvgIpc) is 2.75. The highest BCUT2D eigenvalue weighted by Gasteiger charge is 2.17. The number of ether oxygens (including phenoxy) is 1. The van der Waals surface area contributed by atoms with Gasteiger partial charge in [-0.2, -0.15) is 0 Å². The first-order valence-electron chi connectivity index (χ1n) is 4.56. The van der Waals surface area contributed by atoms with Crippen molar-refractivity contribution in [3.8, 4) is 0 Å². The molecule has 0 bridgehead atoms. The van der Waals surface area contributed by atoms with Gasteiger partial charge in [0.2, 0.25) is 5.82 Å². The van der Waals surface area contributed by atoms with Gasteiger partial charge in [-0.25, -0.2) is 9.67 Å². The van der Waals surface area contributed by atoms with E-state index in [1.807, 2.05) is 0 Å². The Morgan fingerprint density at radius 3 is 3.21 bits per heavy atom. The van der Waals surface area contributed by atoms with Crippen molar-refractivity contribution in [3.63, 3.8) is 0 Å². The zero-order valence-electron chi connectivity index (χ0n) is 7.72. The minimum Gasteiger partial charge on any atom is -0.376 e. The van der Waals surface area contributed by atoms with Crippen molar-refractivity contribution < 1.29 is 9.53 Å². The quantitative estimate of drug-likeness (QED) is 0.710. The molecule has 1 unspecified atom stereocenters. The zero-order chi connectivity index (χ0) is 9.97. The molecule has 0 aromatic carbocycles. The SMILES string of the molecule is NC(=O)c1ncn(CC2CCCO2)n1. The first-order valence-corrected chi connectivity index (χ1v) is 4.56. The molecule has 2 heterocycles. The smallest absolute Gasteiger partial charge is 0.288 e. The Balaban J connectivity index is 1.98. The Morgan fingerprint density at radius 1 is 1.79 bits per heavy atom. The van der Waals surface area contributed by atoms with Crippen molar-refractivity contribution >= 4 is 5.91 Å². The lowest BCUT2D eigenvalue weighted by molar-refractivity contribution is 0.0927. The Labute approximate surface area is 81.1 Å². The van der Waals surface area contributed by atoms with E-state index in [9.17, 15) is 4.79 Å². The van der Waals surface area contributed by atoms with Crippen molar-refractivity contribution in [3.05, 3.63) is 12.2 Å². The standard InChI is InChI=1S/C8H12N4O2/c9-7(13)8-10-5-12(11-8)4-6-2-1-3-14-6/h5-6H,1-4H2,(H2,9,13). The molecule has 1 atom stereocenters. The van der Waals surface area contributed by atoms with E-state index in [1.54, 1.807) is 4.68 Å². The van der Waals surface area contributed by atoms with E-state index in [2.05, 4.69) is 10.1 Å². The molecule has 1 aliphatic heterocycles. The molecule has 0 spiro atoms. The van der Waals surface area contributed by atoms with Crippen LogP contribution in [0.2, 0.25) is 0 Å². The molecular weight excluding hydrogens is 184 g/mol. The summed E-state index contributed by atoms with van der Waals surface area (Å²) in [5, 5.41) is 3.92. The molecule has 0 radical (unpaired) electrons. The number of amides is 1. The van der Waals surface area contributed by atoms with Crippen LogP contribution < -0.4 is 5.73 Å². The second-order valence-electron chi connectivity index (χ2n) is 3.29. The van der Waals surface area contributed by atoms with Crippen molar-refractivity contribution in [2.75, 3.05) is 6.61 Å². The van der Waals surface area contributed by atoms with Crippen LogP contribution >= 0.6 is 0 Å². The van der Waals surface area contributed by atoms with Gasteiger partial charge in [-0.05, 0) is 12.8 Å². The first-order chi connectivity index (χ1) is 6.75. The van der Waals surface area contributed by atoms with E-state index in [-0.39, 0.29) is 11.9 Å². The number of aromatic nitrogens is 3. The highest BCUT2D eigenvalue weighted by atomic mass is 16.5. The molecule has 6 nitrogen and oxygen atoms in total. The lowest BCUT2D eigenvalue weighted by Crippen LogP contribution is -2.17. The van der Waals surface area contributed by atoms with Crippen LogP contribution in [0, 0.1) is 0 Å². The molecule has 1 saturated heterocycles. The minimum atomic E-state index is -0.601. The number of hydrogen-bond donors (Lipinski definition) is 1. The number of rotatable bonds is 3. The van der Waals surface area contributed by atoms with Gasteiger partial charge in [-0.3, -0.25) is 4.79 Å².